The molecule has 68 valence electrons. The summed E-state index contributed by atoms with van der Waals surface area (Å²) < 4.78 is 3.91. The Morgan fingerprint density at radius 3 is 2.25 bits per heavy atom. The van der Waals surface area contributed by atoms with Gasteiger partial charge < -0.3 is 19.8 Å². The van der Waals surface area contributed by atoms with Crippen molar-refractivity contribution in [3.8, 4) is 0 Å². The Kier molecular flexibility index (Phi) is 5.06. The molecule has 0 aromatic carbocycles. The van der Waals surface area contributed by atoms with Gasteiger partial charge in [0.05, 0.1) is 0 Å². The summed E-state index contributed by atoms with van der Waals surface area (Å²) in [5.74, 6) is -1.83. The molecule has 0 aliphatic heterocycles. The summed E-state index contributed by atoms with van der Waals surface area (Å²) in [4.78, 5) is 20.5. The summed E-state index contributed by atoms with van der Waals surface area (Å²) in [5, 5.41) is 24.4. The molecule has 0 saturated carbocycles. The van der Waals surface area contributed by atoms with E-state index in [4.69, 9.17) is 15.2 Å². The lowest BCUT2D eigenvalue weighted by Gasteiger charge is -2.00. The Bertz CT molecular complexity index is 167. The number of rotatable bonds is 5. The molecule has 0 aliphatic rings. The average Bonchev–Trinajstić information content (AvgIpc) is 1.84. The molecule has 6 nitrogen and oxygen atoms in total. The van der Waals surface area contributed by atoms with Crippen LogP contribution < -0.4 is 0 Å². The van der Waals surface area contributed by atoms with Gasteiger partial charge in [-0.15, -0.1) is 0 Å². The molecule has 0 amide bonds. The minimum atomic E-state index is -2.12. The van der Waals surface area contributed by atoms with Crippen molar-refractivity contribution in [3.63, 3.8) is 0 Å². The zero-order chi connectivity index (χ0) is 9.56. The molecule has 0 fully saturated rings. The number of carboxylic acids is 1. The number of hydrogen-bond acceptors (Lipinski definition) is 5. The first-order chi connectivity index (χ1) is 5.52. The lowest BCUT2D eigenvalue weighted by atomic mass is 10.2. The number of carboxylic acid groups (broad SMARTS) is 1. The predicted molar refractivity (Wildman–Crippen MR) is 37.8 cm³/mol. The van der Waals surface area contributed by atoms with Crippen LogP contribution in [0.3, 0.4) is 0 Å². The SMILES string of the molecule is O=C(O)CCCC(=O)OB(O)O. The van der Waals surface area contributed by atoms with Gasteiger partial charge in [0.1, 0.15) is 0 Å². The standard InChI is InChI=1S/C5H9BO6/c7-4(8)2-1-3-5(9)12-6(10)11/h10-11H,1-3H2,(H,7,8). The third kappa shape index (κ3) is 7.04. The van der Waals surface area contributed by atoms with E-state index in [1.165, 1.54) is 0 Å². The van der Waals surface area contributed by atoms with Crippen LogP contribution in [-0.4, -0.2) is 34.4 Å². The highest BCUT2D eigenvalue weighted by Crippen LogP contribution is 1.97. The predicted octanol–water partition coefficient (Wildman–Crippen LogP) is -1.25. The van der Waals surface area contributed by atoms with Gasteiger partial charge in [-0.1, -0.05) is 0 Å². The molecule has 0 heterocycles. The van der Waals surface area contributed by atoms with Crippen LogP contribution in [0.1, 0.15) is 19.3 Å². The zero-order valence-electron chi connectivity index (χ0n) is 6.27. The van der Waals surface area contributed by atoms with Crippen LogP contribution in [0, 0.1) is 0 Å². The molecule has 0 aromatic heterocycles. The second-order valence-corrected chi connectivity index (χ2v) is 2.06. The van der Waals surface area contributed by atoms with E-state index >= 15 is 0 Å². The van der Waals surface area contributed by atoms with Crippen LogP contribution in [-0.2, 0) is 14.2 Å². The van der Waals surface area contributed by atoms with Gasteiger partial charge in [0, 0.05) is 12.8 Å². The van der Waals surface area contributed by atoms with Gasteiger partial charge in [-0.05, 0) is 6.42 Å². The molecule has 0 spiro atoms. The molecule has 3 N–H and O–H groups in total. The topological polar surface area (TPSA) is 104 Å². The maximum absolute atomic E-state index is 10.5. The second-order valence-electron chi connectivity index (χ2n) is 2.06. The third-order valence-electron chi connectivity index (χ3n) is 1.01. The highest BCUT2D eigenvalue weighted by molar-refractivity contribution is 6.35. The van der Waals surface area contributed by atoms with Gasteiger partial charge in [0.15, 0.2) is 0 Å². The van der Waals surface area contributed by atoms with Crippen molar-refractivity contribution >= 4 is 19.3 Å². The maximum Gasteiger partial charge on any atom is 0.709 e. The van der Waals surface area contributed by atoms with Gasteiger partial charge >= 0.3 is 13.3 Å². The van der Waals surface area contributed by atoms with E-state index in [-0.39, 0.29) is 19.3 Å². The molecule has 0 bridgehead atoms. The van der Waals surface area contributed by atoms with E-state index in [0.717, 1.165) is 0 Å². The van der Waals surface area contributed by atoms with Gasteiger partial charge in [0.2, 0.25) is 0 Å². The smallest absolute Gasteiger partial charge is 0.485 e. The molecular weight excluding hydrogens is 167 g/mol. The molecule has 0 unspecified atom stereocenters. The van der Waals surface area contributed by atoms with Crippen molar-refractivity contribution in [3.05, 3.63) is 0 Å². The fourth-order valence-corrected chi connectivity index (χ4v) is 0.560. The molecule has 0 atom stereocenters. The Morgan fingerprint density at radius 2 is 1.83 bits per heavy atom. The summed E-state index contributed by atoms with van der Waals surface area (Å²) in [5.41, 5.74) is 0. The average molecular weight is 176 g/mol. The number of hydrogen-bond donors (Lipinski definition) is 3. The van der Waals surface area contributed by atoms with Crippen LogP contribution in [0.15, 0.2) is 0 Å². The van der Waals surface area contributed by atoms with E-state index in [1.54, 1.807) is 0 Å². The van der Waals surface area contributed by atoms with Crippen molar-refractivity contribution in [2.24, 2.45) is 0 Å². The molecule has 0 rings (SSSR count). The van der Waals surface area contributed by atoms with E-state index < -0.39 is 19.3 Å². The number of aliphatic carboxylic acids is 1. The lowest BCUT2D eigenvalue weighted by Crippen LogP contribution is -2.21. The minimum absolute atomic E-state index is 0.126. The fourth-order valence-electron chi connectivity index (χ4n) is 0.560. The summed E-state index contributed by atoms with van der Waals surface area (Å²) in [7, 11) is -2.12. The van der Waals surface area contributed by atoms with E-state index in [0.29, 0.717) is 0 Å². The number of carbonyl (C=O) groups excluding carboxylic acids is 1. The summed E-state index contributed by atoms with van der Waals surface area (Å²) in [6.45, 7) is 0. The second kappa shape index (κ2) is 5.56. The molecule has 12 heavy (non-hydrogen) atoms. The molecular formula is C5H9BO6. The van der Waals surface area contributed by atoms with Crippen molar-refractivity contribution < 1.29 is 29.4 Å². The first-order valence-electron chi connectivity index (χ1n) is 3.30. The quantitative estimate of drug-likeness (QED) is 0.452. The van der Waals surface area contributed by atoms with Gasteiger partial charge in [-0.2, -0.15) is 0 Å². The summed E-state index contributed by atoms with van der Waals surface area (Å²) in [6.07, 6.45) is -0.151. The van der Waals surface area contributed by atoms with E-state index in [9.17, 15) is 9.59 Å². The van der Waals surface area contributed by atoms with Gasteiger partial charge in [-0.25, -0.2) is 0 Å². The lowest BCUT2D eigenvalue weighted by molar-refractivity contribution is -0.138. The maximum atomic E-state index is 10.5. The van der Waals surface area contributed by atoms with Crippen molar-refractivity contribution in [2.45, 2.75) is 19.3 Å². The molecule has 7 heteroatoms. The van der Waals surface area contributed by atoms with Crippen LogP contribution in [0.2, 0.25) is 0 Å². The van der Waals surface area contributed by atoms with Crippen LogP contribution >= 0.6 is 0 Å². The van der Waals surface area contributed by atoms with Crippen LogP contribution in [0.25, 0.3) is 0 Å². The summed E-state index contributed by atoms with van der Waals surface area (Å²) in [6, 6.07) is 0. The zero-order valence-corrected chi connectivity index (χ0v) is 6.27. The van der Waals surface area contributed by atoms with Gasteiger partial charge in [0.25, 0.3) is 5.97 Å². The van der Waals surface area contributed by atoms with E-state index in [2.05, 4.69) is 4.65 Å². The first kappa shape index (κ1) is 10.9. The van der Waals surface area contributed by atoms with Crippen molar-refractivity contribution in [1.82, 2.24) is 0 Å². The van der Waals surface area contributed by atoms with Crippen LogP contribution in [0.5, 0.6) is 0 Å². The molecule has 0 radical (unpaired) electrons. The van der Waals surface area contributed by atoms with E-state index in [1.807, 2.05) is 0 Å². The molecule has 0 aliphatic carbocycles. The highest BCUT2D eigenvalue weighted by atomic mass is 16.6. The molecule has 0 saturated heterocycles. The van der Waals surface area contributed by atoms with Crippen molar-refractivity contribution in [1.29, 1.82) is 0 Å². The number of carbonyl (C=O) groups is 2. The first-order valence-corrected chi connectivity index (χ1v) is 3.30. The molecule has 0 aromatic rings. The Balaban J connectivity index is 3.38. The summed E-state index contributed by atoms with van der Waals surface area (Å²) >= 11 is 0. The highest BCUT2D eigenvalue weighted by Gasteiger charge is 2.15. The van der Waals surface area contributed by atoms with Gasteiger partial charge in [-0.3, -0.25) is 9.59 Å². The third-order valence-corrected chi connectivity index (χ3v) is 1.01. The Labute approximate surface area is 68.9 Å². The normalized spacial score (nSPS) is 9.17. The minimum Gasteiger partial charge on any atom is -0.485 e. The Hall–Kier alpha value is -1.08. The van der Waals surface area contributed by atoms with Crippen molar-refractivity contribution in [2.75, 3.05) is 0 Å². The fraction of sp³-hybridized carbons (Fsp3) is 0.600. The largest absolute Gasteiger partial charge is 0.709 e. The van der Waals surface area contributed by atoms with Crippen LogP contribution in [0.4, 0.5) is 0 Å². The monoisotopic (exact) mass is 176 g/mol. The Morgan fingerprint density at radius 1 is 1.25 bits per heavy atom.